The molecule has 0 saturated carbocycles. The highest BCUT2D eigenvalue weighted by Crippen LogP contribution is 2.48. The van der Waals surface area contributed by atoms with Crippen molar-refractivity contribution in [3.8, 4) is 56.2 Å². The van der Waals surface area contributed by atoms with Crippen LogP contribution >= 0.6 is 0 Å². The summed E-state index contributed by atoms with van der Waals surface area (Å²) in [5.41, 5.74) is 12.9. The number of hydrogen-bond donors (Lipinski definition) is 0. The summed E-state index contributed by atoms with van der Waals surface area (Å²) < 4.78 is 6.53. The summed E-state index contributed by atoms with van der Waals surface area (Å²) >= 11 is 0. The molecule has 0 aliphatic heterocycles. The molecule has 2 aromatic heterocycles. The van der Waals surface area contributed by atoms with Crippen molar-refractivity contribution in [1.29, 1.82) is 0 Å². The van der Waals surface area contributed by atoms with E-state index in [1.807, 2.05) is 18.3 Å². The molecular weight excluding hydrogens is 585 g/mol. The van der Waals surface area contributed by atoms with E-state index in [1.54, 1.807) is 12.4 Å². The summed E-state index contributed by atoms with van der Waals surface area (Å²) in [5.74, 6) is 1.32. The first-order valence-electron chi connectivity index (χ1n) is 16.4. The maximum Gasteiger partial charge on any atom is 0.227 e. The van der Waals surface area contributed by atoms with Crippen LogP contribution in [-0.4, -0.2) is 9.97 Å². The number of pyridine rings is 1. The van der Waals surface area contributed by atoms with Crippen LogP contribution < -0.4 is 0 Å². The van der Waals surface area contributed by atoms with Crippen LogP contribution in [0.4, 0.5) is 0 Å². The van der Waals surface area contributed by atoms with Gasteiger partial charge in [-0.25, -0.2) is 4.98 Å². The van der Waals surface area contributed by atoms with E-state index in [1.165, 1.54) is 71.4 Å². The lowest BCUT2D eigenvalue weighted by molar-refractivity contribution is 0.589. The van der Waals surface area contributed by atoms with E-state index >= 15 is 0 Å². The molecule has 2 heterocycles. The Bertz CT molecular complexity index is 2530. The molecular formula is C45H32N2O. The third-order valence-electron chi connectivity index (χ3n) is 9.69. The molecule has 0 aliphatic rings. The van der Waals surface area contributed by atoms with E-state index in [-0.39, 0.29) is 0 Å². The largest absolute Gasteiger partial charge is 0.436 e. The van der Waals surface area contributed by atoms with Gasteiger partial charge in [-0.05, 0) is 111 Å². The Balaban J connectivity index is 1.42. The number of aryl methyl sites for hydroxylation is 3. The summed E-state index contributed by atoms with van der Waals surface area (Å²) in [6, 6.07) is 44.3. The Hall–Kier alpha value is -6.06. The molecule has 0 aliphatic carbocycles. The van der Waals surface area contributed by atoms with Crippen molar-refractivity contribution in [2.24, 2.45) is 0 Å². The van der Waals surface area contributed by atoms with Gasteiger partial charge < -0.3 is 4.42 Å². The van der Waals surface area contributed by atoms with Gasteiger partial charge in [0.2, 0.25) is 5.89 Å². The van der Waals surface area contributed by atoms with Crippen LogP contribution in [-0.2, 0) is 0 Å². The first-order valence-corrected chi connectivity index (χ1v) is 16.4. The lowest BCUT2D eigenvalue weighted by Gasteiger charge is -2.21. The normalized spacial score (nSPS) is 11.6. The molecule has 0 atom stereocenters. The summed E-state index contributed by atoms with van der Waals surface area (Å²) in [4.78, 5) is 9.03. The van der Waals surface area contributed by atoms with Gasteiger partial charge in [-0.15, -0.1) is 0 Å². The molecule has 0 N–H and O–H groups in total. The van der Waals surface area contributed by atoms with Crippen molar-refractivity contribution in [2.45, 2.75) is 20.8 Å². The van der Waals surface area contributed by atoms with E-state index in [0.717, 1.165) is 27.8 Å². The molecule has 3 nitrogen and oxygen atoms in total. The molecule has 228 valence electrons. The number of nitrogens with zero attached hydrogens (tertiary/aromatic N) is 2. The second-order valence-corrected chi connectivity index (χ2v) is 12.9. The topological polar surface area (TPSA) is 38.9 Å². The molecule has 0 saturated heterocycles. The van der Waals surface area contributed by atoms with E-state index < -0.39 is 0 Å². The fourth-order valence-electron chi connectivity index (χ4n) is 7.13. The average Bonchev–Trinajstić information content (AvgIpc) is 3.62. The Labute approximate surface area is 279 Å². The number of oxazole rings is 1. The predicted molar refractivity (Wildman–Crippen MR) is 199 cm³/mol. The summed E-state index contributed by atoms with van der Waals surface area (Å²) in [5, 5.41) is 7.30. The van der Waals surface area contributed by atoms with Gasteiger partial charge in [0.05, 0.1) is 6.20 Å². The van der Waals surface area contributed by atoms with Crippen LogP contribution in [0.2, 0.25) is 0 Å². The zero-order valence-corrected chi connectivity index (χ0v) is 27.1. The van der Waals surface area contributed by atoms with Crippen LogP contribution in [0, 0.1) is 20.8 Å². The van der Waals surface area contributed by atoms with Gasteiger partial charge in [-0.1, -0.05) is 114 Å². The SMILES string of the molecule is Cc1ccc(-c2cc(-c3ccc(C)cc3)c3ccc4c(-c5ncc(-c6ccncc6)o5)cc(-c5ccc(C)cc5)c5ccc2c3c54)cc1. The Morgan fingerprint density at radius 1 is 0.417 bits per heavy atom. The molecule has 0 spiro atoms. The Morgan fingerprint density at radius 2 is 0.812 bits per heavy atom. The van der Waals surface area contributed by atoms with E-state index in [4.69, 9.17) is 9.40 Å². The van der Waals surface area contributed by atoms with E-state index in [0.29, 0.717) is 5.89 Å². The van der Waals surface area contributed by atoms with Crippen molar-refractivity contribution in [3.63, 3.8) is 0 Å². The van der Waals surface area contributed by atoms with Crippen LogP contribution in [0.25, 0.3) is 88.5 Å². The third kappa shape index (κ3) is 4.58. The van der Waals surface area contributed by atoms with Crippen molar-refractivity contribution < 1.29 is 4.42 Å². The lowest BCUT2D eigenvalue weighted by atomic mass is 9.82. The van der Waals surface area contributed by atoms with Gasteiger partial charge >= 0.3 is 0 Å². The maximum atomic E-state index is 6.53. The van der Waals surface area contributed by atoms with Gasteiger partial charge in [0.1, 0.15) is 0 Å². The van der Waals surface area contributed by atoms with Crippen molar-refractivity contribution >= 4 is 32.3 Å². The smallest absolute Gasteiger partial charge is 0.227 e. The van der Waals surface area contributed by atoms with Crippen molar-refractivity contribution in [2.75, 3.05) is 0 Å². The van der Waals surface area contributed by atoms with Crippen LogP contribution in [0.5, 0.6) is 0 Å². The highest BCUT2D eigenvalue weighted by Gasteiger charge is 2.22. The van der Waals surface area contributed by atoms with Crippen molar-refractivity contribution in [1.82, 2.24) is 9.97 Å². The standard InChI is InChI=1S/C45H32N2O/c1-27-4-10-30(11-5-27)38-24-39(31-12-6-28(2)7-13-31)35-18-19-37-41(45-47-26-42(48-45)33-20-22-46-23-21-33)25-40(32-14-8-29(3)9-15-32)36-17-16-34(38)43(35)44(36)37/h4-26H,1-3H3. The first kappa shape index (κ1) is 28.2. The third-order valence-corrected chi connectivity index (χ3v) is 9.69. The monoisotopic (exact) mass is 616 g/mol. The van der Waals surface area contributed by atoms with Crippen molar-refractivity contribution in [3.05, 3.63) is 157 Å². The fraction of sp³-hybridized carbons (Fsp3) is 0.0667. The van der Waals surface area contributed by atoms with Gasteiger partial charge in [0.15, 0.2) is 5.76 Å². The van der Waals surface area contributed by atoms with Gasteiger partial charge in [-0.3, -0.25) is 4.98 Å². The number of aromatic nitrogens is 2. The molecule has 0 amide bonds. The maximum absolute atomic E-state index is 6.53. The van der Waals surface area contributed by atoms with Gasteiger partial charge in [-0.2, -0.15) is 0 Å². The van der Waals surface area contributed by atoms with Crippen LogP contribution in [0.15, 0.2) is 144 Å². The second-order valence-electron chi connectivity index (χ2n) is 12.9. The van der Waals surface area contributed by atoms with E-state index in [9.17, 15) is 0 Å². The highest BCUT2D eigenvalue weighted by atomic mass is 16.4. The minimum atomic E-state index is 0.602. The minimum absolute atomic E-state index is 0.602. The van der Waals surface area contributed by atoms with Crippen LogP contribution in [0.1, 0.15) is 16.7 Å². The molecule has 0 radical (unpaired) electrons. The molecule has 48 heavy (non-hydrogen) atoms. The lowest BCUT2D eigenvalue weighted by Crippen LogP contribution is -1.94. The second kappa shape index (κ2) is 11.0. The zero-order valence-electron chi connectivity index (χ0n) is 27.1. The Morgan fingerprint density at radius 3 is 1.25 bits per heavy atom. The van der Waals surface area contributed by atoms with E-state index in [2.05, 4.69) is 135 Å². The average molecular weight is 617 g/mol. The molecule has 0 unspecified atom stereocenters. The number of benzene rings is 7. The minimum Gasteiger partial charge on any atom is -0.436 e. The molecule has 7 aromatic carbocycles. The molecule has 9 aromatic rings. The first-order chi connectivity index (χ1) is 23.5. The molecule has 0 bridgehead atoms. The number of hydrogen-bond acceptors (Lipinski definition) is 3. The molecule has 3 heteroatoms. The Kier molecular flexibility index (Phi) is 6.48. The summed E-state index contributed by atoms with van der Waals surface area (Å²) in [6.45, 7) is 6.41. The molecule has 9 rings (SSSR count). The summed E-state index contributed by atoms with van der Waals surface area (Å²) in [7, 11) is 0. The zero-order chi connectivity index (χ0) is 32.4. The number of rotatable bonds is 5. The fourth-order valence-corrected chi connectivity index (χ4v) is 7.13. The summed E-state index contributed by atoms with van der Waals surface area (Å²) in [6.07, 6.45) is 5.38. The predicted octanol–water partition coefficient (Wildman–Crippen LogP) is 12.2. The van der Waals surface area contributed by atoms with Gasteiger partial charge in [0, 0.05) is 23.5 Å². The quantitative estimate of drug-likeness (QED) is 0.181. The van der Waals surface area contributed by atoms with Crippen LogP contribution in [0.3, 0.4) is 0 Å². The highest BCUT2D eigenvalue weighted by molar-refractivity contribution is 6.31. The molecule has 0 fully saturated rings. The van der Waals surface area contributed by atoms with Gasteiger partial charge in [0.25, 0.3) is 0 Å².